The van der Waals surface area contributed by atoms with E-state index in [0.717, 1.165) is 4.90 Å². The number of hydrogen-bond donors (Lipinski definition) is 1. The van der Waals surface area contributed by atoms with Crippen LogP contribution in [0.15, 0.2) is 52.3 Å². The molecule has 0 aliphatic carbocycles. The SMILES string of the molecule is CN1C(=O)CSc2ccc(C(=O)Nc3ccc(S(=O)[O-])cc3)cc21. The van der Waals surface area contributed by atoms with E-state index in [-0.39, 0.29) is 16.7 Å². The molecule has 0 saturated carbocycles. The maximum Gasteiger partial charge on any atom is 0.255 e. The summed E-state index contributed by atoms with van der Waals surface area (Å²) in [7, 11) is 1.68. The van der Waals surface area contributed by atoms with Crippen molar-refractivity contribution in [3.8, 4) is 0 Å². The van der Waals surface area contributed by atoms with E-state index in [4.69, 9.17) is 0 Å². The van der Waals surface area contributed by atoms with Crippen molar-refractivity contribution in [3.05, 3.63) is 48.0 Å². The molecule has 1 atom stereocenters. The molecule has 0 fully saturated rings. The maximum absolute atomic E-state index is 12.4. The van der Waals surface area contributed by atoms with Gasteiger partial charge in [-0.25, -0.2) is 0 Å². The first-order chi connectivity index (χ1) is 11.5. The van der Waals surface area contributed by atoms with E-state index < -0.39 is 11.1 Å². The molecule has 0 bridgehead atoms. The third-order valence-corrected chi connectivity index (χ3v) is 5.32. The van der Waals surface area contributed by atoms with E-state index >= 15 is 0 Å². The number of hydrogen-bond acceptors (Lipinski definition) is 5. The van der Waals surface area contributed by atoms with E-state index in [1.165, 1.54) is 36.0 Å². The average molecular weight is 361 g/mol. The van der Waals surface area contributed by atoms with Gasteiger partial charge in [-0.2, -0.15) is 0 Å². The quantitative estimate of drug-likeness (QED) is 0.847. The Bertz CT molecular complexity index is 836. The Kier molecular flexibility index (Phi) is 4.70. The van der Waals surface area contributed by atoms with Crippen molar-refractivity contribution in [1.29, 1.82) is 0 Å². The predicted octanol–water partition coefficient (Wildman–Crippen LogP) is 2.25. The van der Waals surface area contributed by atoms with Crippen LogP contribution in [0.25, 0.3) is 0 Å². The van der Waals surface area contributed by atoms with E-state index in [2.05, 4.69) is 5.32 Å². The molecule has 124 valence electrons. The molecule has 0 saturated heterocycles. The lowest BCUT2D eigenvalue weighted by Gasteiger charge is -2.25. The fourth-order valence-corrected chi connectivity index (χ4v) is 3.61. The Morgan fingerprint density at radius 1 is 1.25 bits per heavy atom. The predicted molar refractivity (Wildman–Crippen MR) is 92.2 cm³/mol. The summed E-state index contributed by atoms with van der Waals surface area (Å²) in [6.07, 6.45) is 0. The van der Waals surface area contributed by atoms with Gasteiger partial charge >= 0.3 is 0 Å². The summed E-state index contributed by atoms with van der Waals surface area (Å²) in [4.78, 5) is 26.8. The Labute approximate surface area is 145 Å². The Morgan fingerprint density at radius 2 is 1.96 bits per heavy atom. The lowest BCUT2D eigenvalue weighted by Crippen LogP contribution is -2.31. The first-order valence-corrected chi connectivity index (χ1v) is 9.06. The van der Waals surface area contributed by atoms with E-state index in [0.29, 0.717) is 22.7 Å². The highest BCUT2D eigenvalue weighted by atomic mass is 32.2. The van der Waals surface area contributed by atoms with Crippen molar-refractivity contribution in [2.24, 2.45) is 0 Å². The van der Waals surface area contributed by atoms with E-state index in [1.807, 2.05) is 6.07 Å². The van der Waals surface area contributed by atoms with Crippen LogP contribution in [0.2, 0.25) is 0 Å². The van der Waals surface area contributed by atoms with Gasteiger partial charge in [0.15, 0.2) is 0 Å². The number of nitrogens with one attached hydrogen (secondary N) is 1. The number of fused-ring (bicyclic) bond motifs is 1. The number of amides is 2. The zero-order chi connectivity index (χ0) is 17.3. The normalized spacial score (nSPS) is 14.9. The highest BCUT2D eigenvalue weighted by Crippen LogP contribution is 2.35. The van der Waals surface area contributed by atoms with Gasteiger partial charge in [0.05, 0.1) is 11.4 Å². The first kappa shape index (κ1) is 16.7. The maximum atomic E-state index is 12.4. The summed E-state index contributed by atoms with van der Waals surface area (Å²) in [6.45, 7) is 0. The summed E-state index contributed by atoms with van der Waals surface area (Å²) in [5.74, 6) is 0.0548. The minimum Gasteiger partial charge on any atom is -0.768 e. The van der Waals surface area contributed by atoms with Gasteiger partial charge in [-0.1, -0.05) is 0 Å². The molecule has 0 spiro atoms. The number of carbonyl (C=O) groups is 2. The van der Waals surface area contributed by atoms with E-state index in [9.17, 15) is 18.4 Å². The van der Waals surface area contributed by atoms with Crippen LogP contribution in [0, 0.1) is 0 Å². The monoisotopic (exact) mass is 361 g/mol. The van der Waals surface area contributed by atoms with Gasteiger partial charge < -0.3 is 14.8 Å². The van der Waals surface area contributed by atoms with Gasteiger partial charge in [0, 0.05) is 28.1 Å². The van der Waals surface area contributed by atoms with Gasteiger partial charge in [-0.3, -0.25) is 13.8 Å². The van der Waals surface area contributed by atoms with Gasteiger partial charge in [0.25, 0.3) is 5.91 Å². The molecule has 1 heterocycles. The molecule has 1 aliphatic rings. The topological polar surface area (TPSA) is 89.5 Å². The highest BCUT2D eigenvalue weighted by Gasteiger charge is 2.22. The Hall–Kier alpha value is -2.16. The highest BCUT2D eigenvalue weighted by molar-refractivity contribution is 8.00. The molecular formula is C16H13N2O4S2-. The number of nitrogens with zero attached hydrogens (tertiary/aromatic N) is 1. The van der Waals surface area contributed by atoms with Crippen molar-refractivity contribution in [1.82, 2.24) is 0 Å². The molecule has 2 amide bonds. The molecule has 2 aromatic rings. The van der Waals surface area contributed by atoms with Crippen molar-refractivity contribution >= 4 is 46.0 Å². The molecule has 6 nitrogen and oxygen atoms in total. The summed E-state index contributed by atoms with van der Waals surface area (Å²) in [6, 6.07) is 11.1. The van der Waals surface area contributed by atoms with Gasteiger partial charge in [-0.15, -0.1) is 11.8 Å². The third-order valence-electron chi connectivity index (χ3n) is 3.61. The first-order valence-electron chi connectivity index (χ1n) is 7.00. The summed E-state index contributed by atoms with van der Waals surface area (Å²) in [5, 5.41) is 2.71. The van der Waals surface area contributed by atoms with Gasteiger partial charge in [-0.05, 0) is 53.5 Å². The van der Waals surface area contributed by atoms with Crippen LogP contribution in [-0.2, 0) is 15.9 Å². The number of benzene rings is 2. The molecule has 1 unspecified atom stereocenters. The molecule has 24 heavy (non-hydrogen) atoms. The fourth-order valence-electron chi connectivity index (χ4n) is 2.27. The van der Waals surface area contributed by atoms with Crippen molar-refractivity contribution in [2.45, 2.75) is 9.79 Å². The summed E-state index contributed by atoms with van der Waals surface area (Å²) >= 11 is -0.850. The number of anilines is 2. The third kappa shape index (κ3) is 3.35. The Morgan fingerprint density at radius 3 is 2.62 bits per heavy atom. The molecule has 2 aromatic carbocycles. The smallest absolute Gasteiger partial charge is 0.255 e. The van der Waals surface area contributed by atoms with Crippen LogP contribution in [-0.4, -0.2) is 33.4 Å². The zero-order valence-corrected chi connectivity index (χ0v) is 14.3. The standard InChI is InChI=1S/C16H14N2O4S2/c1-18-13-8-10(2-7-14(13)23-9-15(18)19)16(20)17-11-3-5-12(6-4-11)24(21)22/h2-8H,9H2,1H3,(H,17,20)(H,21,22)/p-1. The largest absolute Gasteiger partial charge is 0.768 e. The average Bonchev–Trinajstić information content (AvgIpc) is 2.58. The van der Waals surface area contributed by atoms with Crippen LogP contribution in [0.4, 0.5) is 11.4 Å². The second kappa shape index (κ2) is 6.76. The summed E-state index contributed by atoms with van der Waals surface area (Å²) < 4.78 is 21.7. The summed E-state index contributed by atoms with van der Waals surface area (Å²) in [5.41, 5.74) is 1.62. The number of thioether (sulfide) groups is 1. The Balaban J connectivity index is 1.80. The lowest BCUT2D eigenvalue weighted by molar-refractivity contribution is -0.116. The molecule has 3 rings (SSSR count). The molecule has 8 heteroatoms. The van der Waals surface area contributed by atoms with Crippen LogP contribution in [0.3, 0.4) is 0 Å². The van der Waals surface area contributed by atoms with Crippen LogP contribution in [0.5, 0.6) is 0 Å². The van der Waals surface area contributed by atoms with Crippen molar-refractivity contribution < 1.29 is 18.4 Å². The van der Waals surface area contributed by atoms with Gasteiger partial charge in [0.1, 0.15) is 0 Å². The fraction of sp³-hybridized carbons (Fsp3) is 0.125. The zero-order valence-electron chi connectivity index (χ0n) is 12.6. The van der Waals surface area contributed by atoms with Gasteiger partial charge in [0.2, 0.25) is 5.91 Å². The molecular weight excluding hydrogens is 348 g/mol. The molecule has 0 aromatic heterocycles. The molecule has 1 N–H and O–H groups in total. The van der Waals surface area contributed by atoms with E-state index in [1.54, 1.807) is 24.1 Å². The van der Waals surface area contributed by atoms with Crippen LogP contribution >= 0.6 is 11.8 Å². The number of rotatable bonds is 3. The minimum absolute atomic E-state index is 0.00809. The van der Waals surface area contributed by atoms with Crippen molar-refractivity contribution in [3.63, 3.8) is 0 Å². The molecule has 0 radical (unpaired) electrons. The second-order valence-corrected chi connectivity index (χ2v) is 7.10. The van der Waals surface area contributed by atoms with Crippen LogP contribution in [0.1, 0.15) is 10.4 Å². The number of carbonyl (C=O) groups excluding carboxylic acids is 2. The minimum atomic E-state index is -2.30. The lowest BCUT2D eigenvalue weighted by atomic mass is 10.1. The van der Waals surface area contributed by atoms with Crippen LogP contribution < -0.4 is 10.2 Å². The van der Waals surface area contributed by atoms with Crippen molar-refractivity contribution in [2.75, 3.05) is 23.0 Å². The second-order valence-electron chi connectivity index (χ2n) is 5.14. The molecule has 1 aliphatic heterocycles.